The Hall–Kier alpha value is -2.31. The van der Waals surface area contributed by atoms with Crippen molar-refractivity contribution in [3.05, 3.63) is 52.7 Å². The van der Waals surface area contributed by atoms with Crippen LogP contribution in [0.1, 0.15) is 35.2 Å². The average molecular weight is 378 g/mol. The number of benzene rings is 1. The molecule has 1 N–H and O–H groups in total. The number of hydrogen-bond donors (Lipinski definition) is 1. The van der Waals surface area contributed by atoms with Gasteiger partial charge in [0.1, 0.15) is 5.82 Å². The first-order valence-electron chi connectivity index (χ1n) is 8.31. The number of unbranched alkanes of at least 4 members (excludes halogenated alkanes) is 2. The molecule has 0 bridgehead atoms. The summed E-state index contributed by atoms with van der Waals surface area (Å²) in [6, 6.07) is 2.74. The summed E-state index contributed by atoms with van der Waals surface area (Å²) < 4.78 is 14.3. The molecule has 1 aromatic heterocycles. The maximum atomic E-state index is 14.3. The van der Waals surface area contributed by atoms with Gasteiger partial charge in [-0.05, 0) is 49.2 Å². The van der Waals surface area contributed by atoms with Crippen molar-refractivity contribution in [2.75, 3.05) is 20.2 Å². The molecule has 1 heterocycles. The molecule has 2 rings (SSSR count). The van der Waals surface area contributed by atoms with Crippen LogP contribution in [0.2, 0.25) is 5.02 Å². The first-order chi connectivity index (χ1) is 12.5. The topological polar surface area (TPSA) is 66.3 Å². The lowest BCUT2D eigenvalue weighted by molar-refractivity contribution is 0.112. The predicted molar refractivity (Wildman–Crippen MR) is 100 cm³/mol. The smallest absolute Gasteiger partial charge is 0.162 e. The van der Waals surface area contributed by atoms with Gasteiger partial charge < -0.3 is 10.0 Å². The molecular formula is C19H21ClFN3O2. The summed E-state index contributed by atoms with van der Waals surface area (Å²) >= 11 is 5.77. The highest BCUT2D eigenvalue weighted by molar-refractivity contribution is 6.30. The van der Waals surface area contributed by atoms with Gasteiger partial charge in [-0.15, -0.1) is 0 Å². The normalized spacial score (nSPS) is 11.1. The summed E-state index contributed by atoms with van der Waals surface area (Å²) in [4.78, 5) is 21.3. The van der Waals surface area contributed by atoms with Gasteiger partial charge in [0.05, 0.1) is 10.6 Å². The van der Waals surface area contributed by atoms with Crippen LogP contribution >= 0.6 is 11.6 Å². The molecule has 0 saturated carbocycles. The Morgan fingerprint density at radius 2 is 1.92 bits per heavy atom. The van der Waals surface area contributed by atoms with E-state index in [-0.39, 0.29) is 23.6 Å². The zero-order chi connectivity index (χ0) is 18.9. The fourth-order valence-corrected chi connectivity index (χ4v) is 2.50. The number of hydrogen-bond acceptors (Lipinski definition) is 5. The molecule has 0 fully saturated rings. The molecule has 0 aliphatic heterocycles. The van der Waals surface area contributed by atoms with Crippen molar-refractivity contribution in [2.24, 2.45) is 0 Å². The molecule has 0 aliphatic rings. The monoisotopic (exact) mass is 377 g/mol. The molecule has 0 saturated heterocycles. The third kappa shape index (κ3) is 5.61. The molecule has 5 nitrogen and oxygen atoms in total. The highest BCUT2D eigenvalue weighted by Gasteiger charge is 2.12. The first kappa shape index (κ1) is 20.0. The second-order valence-electron chi connectivity index (χ2n) is 5.88. The van der Waals surface area contributed by atoms with Crippen molar-refractivity contribution in [3.8, 4) is 11.4 Å². The standard InChI is InChI=1S/C19H21ClFN3O2/c1-24(6-3-2-4-8-25)7-5-14-9-17(18(21)10-15(14)13-26)19-22-11-16(20)12-23-19/h5,7,9-13,25H,2-4,6,8H2,1H3/b7-5-. The molecule has 0 atom stereocenters. The Morgan fingerprint density at radius 3 is 2.58 bits per heavy atom. The molecule has 26 heavy (non-hydrogen) atoms. The molecule has 0 amide bonds. The van der Waals surface area contributed by atoms with Crippen LogP contribution in [0, 0.1) is 5.82 Å². The summed E-state index contributed by atoms with van der Waals surface area (Å²) in [5.41, 5.74) is 1.04. The van der Waals surface area contributed by atoms with Crippen molar-refractivity contribution in [2.45, 2.75) is 19.3 Å². The Labute approximate surface area is 157 Å². The van der Waals surface area contributed by atoms with Crippen LogP contribution in [0.4, 0.5) is 4.39 Å². The zero-order valence-electron chi connectivity index (χ0n) is 14.5. The van der Waals surface area contributed by atoms with Crippen LogP contribution in [0.3, 0.4) is 0 Å². The SMILES string of the molecule is CN(/C=C\c1cc(-c2ncc(Cl)cn2)c(F)cc1C=O)CCCCCO. The van der Waals surface area contributed by atoms with E-state index in [0.29, 0.717) is 16.9 Å². The van der Waals surface area contributed by atoms with Gasteiger partial charge >= 0.3 is 0 Å². The fraction of sp³-hybridized carbons (Fsp3) is 0.316. The second kappa shape index (κ2) is 9.99. The third-order valence-electron chi connectivity index (χ3n) is 3.84. The van der Waals surface area contributed by atoms with E-state index < -0.39 is 5.82 Å². The quantitative estimate of drug-likeness (QED) is 0.531. The molecule has 138 valence electrons. The van der Waals surface area contributed by atoms with Crippen molar-refractivity contribution in [3.63, 3.8) is 0 Å². The number of halogens is 2. The summed E-state index contributed by atoms with van der Waals surface area (Å²) in [7, 11) is 1.92. The van der Waals surface area contributed by atoms with E-state index in [1.165, 1.54) is 18.5 Å². The molecule has 2 aromatic rings. The maximum Gasteiger partial charge on any atom is 0.162 e. The van der Waals surface area contributed by atoms with E-state index in [9.17, 15) is 9.18 Å². The van der Waals surface area contributed by atoms with Crippen molar-refractivity contribution in [1.82, 2.24) is 14.9 Å². The minimum Gasteiger partial charge on any atom is -0.396 e. The summed E-state index contributed by atoms with van der Waals surface area (Å²) in [5.74, 6) is -0.361. The largest absolute Gasteiger partial charge is 0.396 e. The van der Waals surface area contributed by atoms with E-state index in [1.807, 2.05) is 18.1 Å². The molecule has 0 unspecified atom stereocenters. The van der Waals surface area contributed by atoms with Crippen molar-refractivity contribution in [1.29, 1.82) is 0 Å². The summed E-state index contributed by atoms with van der Waals surface area (Å²) in [6.45, 7) is 1.02. The van der Waals surface area contributed by atoms with Gasteiger partial charge in [-0.1, -0.05) is 11.6 Å². The van der Waals surface area contributed by atoms with Crippen LogP contribution in [0.15, 0.2) is 30.7 Å². The lowest BCUT2D eigenvalue weighted by atomic mass is 10.0. The predicted octanol–water partition coefficient (Wildman–Crippen LogP) is 3.81. The van der Waals surface area contributed by atoms with E-state index in [1.54, 1.807) is 12.1 Å². The fourth-order valence-electron chi connectivity index (χ4n) is 2.41. The van der Waals surface area contributed by atoms with Gasteiger partial charge in [-0.25, -0.2) is 14.4 Å². The van der Waals surface area contributed by atoms with Gasteiger partial charge in [-0.3, -0.25) is 4.79 Å². The Bertz CT molecular complexity index is 766. The van der Waals surface area contributed by atoms with Gasteiger partial charge in [0.15, 0.2) is 12.1 Å². The highest BCUT2D eigenvalue weighted by Crippen LogP contribution is 2.24. The molecule has 0 aliphatic carbocycles. The van der Waals surface area contributed by atoms with Crippen molar-refractivity contribution < 1.29 is 14.3 Å². The lowest BCUT2D eigenvalue weighted by Crippen LogP contribution is -2.12. The van der Waals surface area contributed by atoms with Crippen LogP contribution in [0.25, 0.3) is 17.5 Å². The minimum atomic E-state index is -0.566. The van der Waals surface area contributed by atoms with Crippen LogP contribution in [-0.2, 0) is 0 Å². The first-order valence-corrected chi connectivity index (χ1v) is 8.69. The number of rotatable bonds is 9. The number of carbonyl (C=O) groups is 1. The summed E-state index contributed by atoms with van der Waals surface area (Å²) in [5, 5.41) is 9.15. The number of aromatic nitrogens is 2. The Kier molecular flexibility index (Phi) is 7.69. The minimum absolute atomic E-state index is 0.202. The van der Waals surface area contributed by atoms with E-state index in [0.717, 1.165) is 25.8 Å². The van der Waals surface area contributed by atoms with Gasteiger partial charge in [-0.2, -0.15) is 0 Å². The van der Waals surface area contributed by atoms with Gasteiger partial charge in [0.25, 0.3) is 0 Å². The summed E-state index contributed by atoms with van der Waals surface area (Å²) in [6.07, 6.45) is 9.70. The number of nitrogens with zero attached hydrogens (tertiary/aromatic N) is 3. The van der Waals surface area contributed by atoms with Gasteiger partial charge in [0, 0.05) is 38.2 Å². The van der Waals surface area contributed by atoms with Crippen LogP contribution < -0.4 is 0 Å². The molecule has 0 radical (unpaired) electrons. The van der Waals surface area contributed by atoms with E-state index in [2.05, 4.69) is 9.97 Å². The lowest BCUT2D eigenvalue weighted by Gasteiger charge is -2.14. The second-order valence-corrected chi connectivity index (χ2v) is 6.32. The molecular weight excluding hydrogens is 357 g/mol. The van der Waals surface area contributed by atoms with Crippen molar-refractivity contribution >= 4 is 24.0 Å². The Balaban J connectivity index is 2.21. The Morgan fingerprint density at radius 1 is 1.19 bits per heavy atom. The zero-order valence-corrected chi connectivity index (χ0v) is 15.3. The highest BCUT2D eigenvalue weighted by atomic mass is 35.5. The van der Waals surface area contributed by atoms with Crippen LogP contribution in [0.5, 0.6) is 0 Å². The number of aliphatic hydroxyl groups is 1. The van der Waals surface area contributed by atoms with E-state index >= 15 is 0 Å². The third-order valence-corrected chi connectivity index (χ3v) is 4.03. The average Bonchev–Trinajstić information content (AvgIpc) is 2.64. The maximum absolute atomic E-state index is 14.3. The number of carbonyl (C=O) groups excluding carboxylic acids is 1. The molecule has 1 aromatic carbocycles. The number of aliphatic hydroxyl groups excluding tert-OH is 1. The number of aldehydes is 1. The van der Waals surface area contributed by atoms with E-state index in [4.69, 9.17) is 16.7 Å². The molecule has 0 spiro atoms. The van der Waals surface area contributed by atoms with Crippen LogP contribution in [-0.4, -0.2) is 46.5 Å². The molecule has 7 heteroatoms. The van der Waals surface area contributed by atoms with Gasteiger partial charge in [0.2, 0.25) is 0 Å².